The molecule has 2 aromatic rings. The number of hydrogen-bond donors (Lipinski definition) is 0. The second kappa shape index (κ2) is 6.45. The van der Waals surface area contributed by atoms with Crippen molar-refractivity contribution < 1.29 is 0 Å². The van der Waals surface area contributed by atoms with Gasteiger partial charge in [0, 0.05) is 10.9 Å². The predicted octanol–water partition coefficient (Wildman–Crippen LogP) is 4.18. The monoisotopic (exact) mass is 373 g/mol. The van der Waals surface area contributed by atoms with Gasteiger partial charge in [-0.2, -0.15) is 0 Å². The summed E-state index contributed by atoms with van der Waals surface area (Å²) >= 11 is 1.77. The number of likely N-dealkylation sites (tertiary alicyclic amines) is 1. The highest BCUT2D eigenvalue weighted by Gasteiger charge is 2.32. The first-order valence-electron chi connectivity index (χ1n) is 9.97. The zero-order valence-corrected chi connectivity index (χ0v) is 17.6. The van der Waals surface area contributed by atoms with Crippen LogP contribution in [-0.2, 0) is 12.8 Å². The van der Waals surface area contributed by atoms with E-state index in [0.29, 0.717) is 17.4 Å². The number of hydrogen-bond acceptors (Lipinski definition) is 4. The van der Waals surface area contributed by atoms with Crippen molar-refractivity contribution in [3.8, 4) is 0 Å². The maximum Gasteiger partial charge on any atom is 0.262 e. The molecule has 0 spiro atoms. The van der Waals surface area contributed by atoms with Gasteiger partial charge in [-0.05, 0) is 76.1 Å². The lowest BCUT2D eigenvalue weighted by molar-refractivity contribution is 0.216. The molecule has 142 valence electrons. The van der Waals surface area contributed by atoms with Crippen LogP contribution in [0.5, 0.6) is 0 Å². The highest BCUT2D eigenvalue weighted by atomic mass is 32.1. The number of nitrogens with zero attached hydrogens (tertiary/aromatic N) is 3. The van der Waals surface area contributed by atoms with E-state index < -0.39 is 0 Å². The van der Waals surface area contributed by atoms with Crippen LogP contribution in [0, 0.1) is 18.3 Å². The molecular formula is C21H31N3OS. The van der Waals surface area contributed by atoms with E-state index in [9.17, 15) is 4.79 Å². The Morgan fingerprint density at radius 3 is 2.50 bits per heavy atom. The molecule has 2 aliphatic rings. The first-order chi connectivity index (χ1) is 12.3. The molecule has 1 aliphatic heterocycles. The van der Waals surface area contributed by atoms with Crippen molar-refractivity contribution in [3.63, 3.8) is 0 Å². The van der Waals surface area contributed by atoms with Crippen LogP contribution >= 0.6 is 11.3 Å². The van der Waals surface area contributed by atoms with Gasteiger partial charge in [-0.3, -0.25) is 9.36 Å². The molecule has 0 saturated carbocycles. The average Bonchev–Trinajstić information content (AvgIpc) is 2.93. The third kappa shape index (κ3) is 3.03. The van der Waals surface area contributed by atoms with Gasteiger partial charge in [0.25, 0.3) is 5.56 Å². The molecule has 1 saturated heterocycles. The Kier molecular flexibility index (Phi) is 4.51. The first-order valence-corrected chi connectivity index (χ1v) is 10.8. The smallest absolute Gasteiger partial charge is 0.262 e. The second-order valence-corrected chi connectivity index (χ2v) is 10.4. The average molecular weight is 374 g/mol. The van der Waals surface area contributed by atoms with Crippen molar-refractivity contribution in [2.75, 3.05) is 20.1 Å². The molecule has 0 aromatic carbocycles. The number of piperidine rings is 1. The molecule has 1 unspecified atom stereocenters. The lowest BCUT2D eigenvalue weighted by Gasteiger charge is -2.33. The summed E-state index contributed by atoms with van der Waals surface area (Å²) in [4.78, 5) is 23.1. The van der Waals surface area contributed by atoms with E-state index in [2.05, 4.69) is 32.7 Å². The summed E-state index contributed by atoms with van der Waals surface area (Å²) in [7, 11) is 2.16. The summed E-state index contributed by atoms with van der Waals surface area (Å²) in [6.07, 6.45) is 5.41. The minimum atomic E-state index is 0.216. The van der Waals surface area contributed by atoms with Crippen LogP contribution in [0.3, 0.4) is 0 Å². The number of fused-ring (bicyclic) bond motifs is 3. The fraction of sp³-hybridized carbons (Fsp3) is 0.714. The standard InChI is InChI=1S/C21H31N3OS/c1-13-22-19-18(20(25)24(13)15-8-10-23(5)11-9-15)16-7-6-14(21(2,3)4)12-17(16)26-19/h14-15H,6-12H2,1-5H3. The van der Waals surface area contributed by atoms with E-state index >= 15 is 0 Å². The minimum absolute atomic E-state index is 0.216. The Bertz CT molecular complexity index is 881. The molecule has 1 atom stereocenters. The molecular weight excluding hydrogens is 342 g/mol. The van der Waals surface area contributed by atoms with Crippen LogP contribution in [-0.4, -0.2) is 34.6 Å². The molecule has 0 amide bonds. The Labute approximate surface area is 160 Å². The van der Waals surface area contributed by atoms with Crippen molar-refractivity contribution in [3.05, 3.63) is 26.6 Å². The van der Waals surface area contributed by atoms with Crippen molar-refractivity contribution in [2.45, 2.75) is 65.8 Å². The van der Waals surface area contributed by atoms with Gasteiger partial charge in [0.1, 0.15) is 10.7 Å². The van der Waals surface area contributed by atoms with Crippen molar-refractivity contribution in [1.82, 2.24) is 14.5 Å². The molecule has 5 heteroatoms. The Morgan fingerprint density at radius 2 is 1.85 bits per heavy atom. The van der Waals surface area contributed by atoms with E-state index in [1.54, 1.807) is 11.3 Å². The summed E-state index contributed by atoms with van der Waals surface area (Å²) in [5.41, 5.74) is 1.85. The fourth-order valence-electron chi connectivity index (χ4n) is 4.76. The van der Waals surface area contributed by atoms with E-state index in [1.807, 2.05) is 11.5 Å². The third-order valence-corrected chi connectivity index (χ3v) is 7.72. The van der Waals surface area contributed by atoms with Gasteiger partial charge in [-0.1, -0.05) is 20.8 Å². The number of aromatic nitrogens is 2. The molecule has 1 aliphatic carbocycles. The van der Waals surface area contributed by atoms with Gasteiger partial charge < -0.3 is 4.90 Å². The van der Waals surface area contributed by atoms with Gasteiger partial charge in [0.2, 0.25) is 0 Å². The Morgan fingerprint density at radius 1 is 1.15 bits per heavy atom. The summed E-state index contributed by atoms with van der Waals surface area (Å²) in [6.45, 7) is 11.1. The van der Waals surface area contributed by atoms with E-state index in [4.69, 9.17) is 4.98 Å². The summed E-state index contributed by atoms with van der Waals surface area (Å²) in [5.74, 6) is 1.59. The van der Waals surface area contributed by atoms with E-state index in [-0.39, 0.29) is 5.56 Å². The summed E-state index contributed by atoms with van der Waals surface area (Å²) in [5, 5.41) is 0.932. The summed E-state index contributed by atoms with van der Waals surface area (Å²) in [6, 6.07) is 0.303. The highest BCUT2D eigenvalue weighted by molar-refractivity contribution is 7.18. The van der Waals surface area contributed by atoms with Crippen LogP contribution in [0.4, 0.5) is 0 Å². The zero-order valence-electron chi connectivity index (χ0n) is 16.8. The molecule has 1 fully saturated rings. The lowest BCUT2D eigenvalue weighted by Crippen LogP contribution is -2.37. The quantitative estimate of drug-likeness (QED) is 0.752. The molecule has 3 heterocycles. The molecule has 26 heavy (non-hydrogen) atoms. The van der Waals surface area contributed by atoms with E-state index in [1.165, 1.54) is 16.9 Å². The van der Waals surface area contributed by atoms with Gasteiger partial charge in [-0.25, -0.2) is 4.98 Å². The molecule has 0 N–H and O–H groups in total. The second-order valence-electron chi connectivity index (χ2n) is 9.36. The molecule has 4 rings (SSSR count). The number of thiophene rings is 1. The SMILES string of the molecule is Cc1nc2sc3c(c2c(=O)n1C1CCN(C)CC1)CCC(C(C)(C)C)C3. The zero-order chi connectivity index (χ0) is 18.6. The van der Waals surface area contributed by atoms with Gasteiger partial charge >= 0.3 is 0 Å². The predicted molar refractivity (Wildman–Crippen MR) is 109 cm³/mol. The van der Waals surface area contributed by atoms with Crippen LogP contribution in [0.2, 0.25) is 0 Å². The molecule has 4 nitrogen and oxygen atoms in total. The molecule has 2 aromatic heterocycles. The number of aryl methyl sites for hydroxylation is 2. The van der Waals surface area contributed by atoms with Crippen molar-refractivity contribution >= 4 is 21.6 Å². The maximum atomic E-state index is 13.5. The van der Waals surface area contributed by atoms with Gasteiger partial charge in [0.15, 0.2) is 0 Å². The van der Waals surface area contributed by atoms with Crippen LogP contribution in [0.15, 0.2) is 4.79 Å². The van der Waals surface area contributed by atoms with Crippen molar-refractivity contribution in [1.29, 1.82) is 0 Å². The van der Waals surface area contributed by atoms with Crippen LogP contribution in [0.1, 0.15) is 62.3 Å². The topological polar surface area (TPSA) is 38.1 Å². The maximum absolute atomic E-state index is 13.5. The minimum Gasteiger partial charge on any atom is -0.306 e. The largest absolute Gasteiger partial charge is 0.306 e. The molecule has 0 bridgehead atoms. The van der Waals surface area contributed by atoms with Gasteiger partial charge in [-0.15, -0.1) is 11.3 Å². The highest BCUT2D eigenvalue weighted by Crippen LogP contribution is 2.42. The third-order valence-electron chi connectivity index (χ3n) is 6.57. The lowest BCUT2D eigenvalue weighted by atomic mass is 9.72. The molecule has 0 radical (unpaired) electrons. The van der Waals surface area contributed by atoms with Gasteiger partial charge in [0.05, 0.1) is 5.39 Å². The van der Waals surface area contributed by atoms with Crippen LogP contribution < -0.4 is 5.56 Å². The Balaban J connectivity index is 1.78. The fourth-order valence-corrected chi connectivity index (χ4v) is 6.10. The van der Waals surface area contributed by atoms with E-state index in [0.717, 1.165) is 54.8 Å². The van der Waals surface area contributed by atoms with Crippen molar-refractivity contribution in [2.24, 2.45) is 11.3 Å². The normalized spacial score (nSPS) is 22.7. The summed E-state index contributed by atoms with van der Waals surface area (Å²) < 4.78 is 2.01. The van der Waals surface area contributed by atoms with Crippen LogP contribution in [0.25, 0.3) is 10.2 Å². The number of rotatable bonds is 1. The first kappa shape index (κ1) is 18.2. The Hall–Kier alpha value is -1.20.